The van der Waals surface area contributed by atoms with Crippen LogP contribution in [-0.4, -0.2) is 140 Å². The third-order valence-corrected chi connectivity index (χ3v) is 14.7. The Morgan fingerprint density at radius 1 is 0.463 bits per heavy atom. The summed E-state index contributed by atoms with van der Waals surface area (Å²) in [5.74, 6) is -0.287. The van der Waals surface area contributed by atoms with Gasteiger partial charge < -0.3 is 65.1 Å². The molecular weight excluding hydrogens is 1010 g/mol. The molecule has 0 aromatic heterocycles. The first kappa shape index (κ1) is 73.0. The number of rotatable bonds is 49. The molecule has 0 aliphatic carbocycles. The first-order chi connectivity index (χ1) is 39.1. The summed E-state index contributed by atoms with van der Waals surface area (Å²) in [5, 5.41) is 87.1. The van der Waals surface area contributed by atoms with Crippen molar-refractivity contribution in [1.29, 1.82) is 0 Å². The molecular formula is C66H113NO13. The summed E-state index contributed by atoms with van der Waals surface area (Å²) in [6.07, 6.45) is 53.1. The summed E-state index contributed by atoms with van der Waals surface area (Å²) >= 11 is 0. The molecule has 9 N–H and O–H groups in total. The van der Waals surface area contributed by atoms with Crippen molar-refractivity contribution >= 4 is 5.91 Å². The van der Waals surface area contributed by atoms with Gasteiger partial charge in [-0.05, 0) is 89.9 Å². The first-order valence-electron chi connectivity index (χ1n) is 31.5. The Hall–Kier alpha value is -3.09. The molecule has 1 amide bonds. The van der Waals surface area contributed by atoms with E-state index in [2.05, 4.69) is 104 Å². The van der Waals surface area contributed by atoms with E-state index in [-0.39, 0.29) is 18.9 Å². The zero-order valence-corrected chi connectivity index (χ0v) is 49.5. The van der Waals surface area contributed by atoms with Gasteiger partial charge in [-0.25, -0.2) is 0 Å². The molecule has 2 aliphatic heterocycles. The zero-order valence-electron chi connectivity index (χ0n) is 49.5. The Bertz CT molecular complexity index is 1710. The van der Waals surface area contributed by atoms with Crippen molar-refractivity contribution in [2.24, 2.45) is 0 Å². The fourth-order valence-corrected chi connectivity index (χ4v) is 9.70. The minimum atomic E-state index is -1.80. The Labute approximate surface area is 483 Å². The number of amides is 1. The van der Waals surface area contributed by atoms with Gasteiger partial charge >= 0.3 is 0 Å². The van der Waals surface area contributed by atoms with Gasteiger partial charge in [-0.3, -0.25) is 4.79 Å². The lowest BCUT2D eigenvalue weighted by Crippen LogP contribution is -2.65. The van der Waals surface area contributed by atoms with E-state index in [4.69, 9.17) is 18.9 Å². The van der Waals surface area contributed by atoms with Crippen LogP contribution in [0.2, 0.25) is 0 Å². The second-order valence-electron chi connectivity index (χ2n) is 21.8. The maximum absolute atomic E-state index is 13.3. The summed E-state index contributed by atoms with van der Waals surface area (Å²) in [5.41, 5.74) is 0. The largest absolute Gasteiger partial charge is 0.394 e. The number of nitrogens with one attached hydrogen (secondary N) is 1. The Morgan fingerprint density at radius 2 is 0.875 bits per heavy atom. The fraction of sp³-hybridized carbons (Fsp3) is 0.742. The average Bonchev–Trinajstić information content (AvgIpc) is 3.48. The van der Waals surface area contributed by atoms with Crippen LogP contribution in [0.4, 0.5) is 0 Å². The van der Waals surface area contributed by atoms with Gasteiger partial charge in [0, 0.05) is 6.42 Å². The van der Waals surface area contributed by atoms with E-state index in [9.17, 15) is 45.6 Å². The predicted octanol–water partition coefficient (Wildman–Crippen LogP) is 11.4. The standard InChI is InChI=1S/C66H113NO13/c1-3-5-7-9-11-13-15-17-19-21-23-24-25-26-27-28-29-30-32-33-35-37-39-41-43-45-47-49-55(70)54(67-58(71)50-48-46-44-42-40-38-36-34-31-22-20-18-16-14-12-10-8-6-4-2)53-77-65-63(76)61(74)64(57(52-69)79-65)80-66-62(75)60(73)59(72)56(51-68)78-66/h6,8,12,14,18,20,31-34,38-41,47,49,54-57,59-66,68-70,72-76H,3-5,7,9-11,13,15-17,19,21-30,35-37,42-46,48,50-53H2,1-2H3,(H,67,71)/b8-6-,14-12-,20-18-,33-32+,34-31-,40-38-,41-39+,49-47+. The van der Waals surface area contributed by atoms with Crippen LogP contribution in [0, 0.1) is 0 Å². The van der Waals surface area contributed by atoms with Crippen LogP contribution in [0.5, 0.6) is 0 Å². The molecule has 14 heteroatoms. The zero-order chi connectivity index (χ0) is 58.1. The van der Waals surface area contributed by atoms with Gasteiger partial charge in [0.2, 0.25) is 5.91 Å². The highest BCUT2D eigenvalue weighted by Gasteiger charge is 2.51. The number of carbonyl (C=O) groups excluding carboxylic acids is 1. The van der Waals surface area contributed by atoms with Crippen LogP contribution >= 0.6 is 0 Å². The molecule has 460 valence electrons. The number of aliphatic hydroxyl groups excluding tert-OH is 8. The van der Waals surface area contributed by atoms with Crippen LogP contribution in [0.25, 0.3) is 0 Å². The van der Waals surface area contributed by atoms with E-state index in [1.807, 2.05) is 6.08 Å². The lowest BCUT2D eigenvalue weighted by molar-refractivity contribution is -0.359. The molecule has 0 saturated carbocycles. The van der Waals surface area contributed by atoms with Crippen molar-refractivity contribution in [1.82, 2.24) is 5.32 Å². The SMILES string of the molecule is CC/C=C\C/C=C\C/C=C\C/C=C\C/C=C\CCCCCC(=O)NC(COC1OC(CO)C(OC2OC(CO)C(O)C(O)C2O)C(O)C1O)C(O)/C=C/CC/C=C/CC/C=C/CCCCCCCCCCCCCCCCCCC. The summed E-state index contributed by atoms with van der Waals surface area (Å²) < 4.78 is 22.7. The number of ether oxygens (including phenoxy) is 4. The second-order valence-corrected chi connectivity index (χ2v) is 21.8. The highest BCUT2D eigenvalue weighted by Crippen LogP contribution is 2.30. The maximum atomic E-state index is 13.3. The number of hydrogen-bond acceptors (Lipinski definition) is 13. The van der Waals surface area contributed by atoms with Gasteiger partial charge in [-0.1, -0.05) is 220 Å². The highest BCUT2D eigenvalue weighted by molar-refractivity contribution is 5.76. The molecule has 14 nitrogen and oxygen atoms in total. The third-order valence-electron chi connectivity index (χ3n) is 14.7. The van der Waals surface area contributed by atoms with E-state index < -0.39 is 86.8 Å². The van der Waals surface area contributed by atoms with Crippen molar-refractivity contribution in [2.45, 2.75) is 293 Å². The molecule has 12 unspecified atom stereocenters. The highest BCUT2D eigenvalue weighted by atomic mass is 16.7. The van der Waals surface area contributed by atoms with Gasteiger partial charge in [-0.15, -0.1) is 0 Å². The lowest BCUT2D eigenvalue weighted by Gasteiger charge is -2.46. The number of aliphatic hydroxyl groups is 8. The van der Waals surface area contributed by atoms with Crippen molar-refractivity contribution in [3.8, 4) is 0 Å². The second kappa shape index (κ2) is 50.4. The summed E-state index contributed by atoms with van der Waals surface area (Å²) in [4.78, 5) is 13.3. The molecule has 2 saturated heterocycles. The summed E-state index contributed by atoms with van der Waals surface area (Å²) in [6.45, 7) is 2.64. The quantitative estimate of drug-likeness (QED) is 0.0204. The van der Waals surface area contributed by atoms with E-state index >= 15 is 0 Å². The van der Waals surface area contributed by atoms with Crippen LogP contribution in [0.15, 0.2) is 97.2 Å². The molecule has 2 fully saturated rings. The molecule has 2 rings (SSSR count). The number of carbonyl (C=O) groups is 1. The van der Waals surface area contributed by atoms with Crippen LogP contribution < -0.4 is 5.32 Å². The van der Waals surface area contributed by atoms with Gasteiger partial charge in [0.15, 0.2) is 12.6 Å². The van der Waals surface area contributed by atoms with E-state index in [0.29, 0.717) is 12.8 Å². The van der Waals surface area contributed by atoms with E-state index in [1.165, 1.54) is 109 Å². The van der Waals surface area contributed by atoms with Crippen molar-refractivity contribution in [2.75, 3.05) is 19.8 Å². The molecule has 0 aromatic rings. The monoisotopic (exact) mass is 1130 g/mol. The summed E-state index contributed by atoms with van der Waals surface area (Å²) in [7, 11) is 0. The molecule has 12 atom stereocenters. The molecule has 0 spiro atoms. The molecule has 80 heavy (non-hydrogen) atoms. The normalized spacial score (nSPS) is 24.9. The topological polar surface area (TPSA) is 228 Å². The number of unbranched alkanes of at least 4 members (excludes halogenated alkanes) is 22. The van der Waals surface area contributed by atoms with Gasteiger partial charge in [0.1, 0.15) is 48.8 Å². The van der Waals surface area contributed by atoms with Gasteiger partial charge in [0.05, 0.1) is 32.0 Å². The van der Waals surface area contributed by atoms with Crippen LogP contribution in [-0.2, 0) is 23.7 Å². The van der Waals surface area contributed by atoms with Crippen molar-refractivity contribution < 1.29 is 64.6 Å². The van der Waals surface area contributed by atoms with Gasteiger partial charge in [0.25, 0.3) is 0 Å². The molecule has 0 radical (unpaired) electrons. The average molecular weight is 1130 g/mol. The fourth-order valence-electron chi connectivity index (χ4n) is 9.70. The first-order valence-corrected chi connectivity index (χ1v) is 31.5. The Morgan fingerprint density at radius 3 is 1.38 bits per heavy atom. The van der Waals surface area contributed by atoms with Gasteiger partial charge in [-0.2, -0.15) is 0 Å². The predicted molar refractivity (Wildman–Crippen MR) is 323 cm³/mol. The Kier molecular flexibility index (Phi) is 46.0. The minimum absolute atomic E-state index is 0.225. The Balaban J connectivity index is 1.78. The smallest absolute Gasteiger partial charge is 0.220 e. The number of hydrogen-bond donors (Lipinski definition) is 9. The van der Waals surface area contributed by atoms with Crippen molar-refractivity contribution in [3.63, 3.8) is 0 Å². The number of allylic oxidation sites excluding steroid dienone is 15. The van der Waals surface area contributed by atoms with Crippen molar-refractivity contribution in [3.05, 3.63) is 97.2 Å². The van der Waals surface area contributed by atoms with E-state index in [0.717, 1.165) is 77.0 Å². The lowest BCUT2D eigenvalue weighted by atomic mass is 9.97. The molecule has 0 aromatic carbocycles. The maximum Gasteiger partial charge on any atom is 0.220 e. The molecule has 2 heterocycles. The van der Waals surface area contributed by atoms with Crippen LogP contribution in [0.3, 0.4) is 0 Å². The van der Waals surface area contributed by atoms with Crippen LogP contribution in [0.1, 0.15) is 219 Å². The minimum Gasteiger partial charge on any atom is -0.394 e. The molecule has 2 aliphatic rings. The molecule has 0 bridgehead atoms. The summed E-state index contributed by atoms with van der Waals surface area (Å²) in [6, 6.07) is -0.963. The third kappa shape index (κ3) is 35.1. The van der Waals surface area contributed by atoms with E-state index in [1.54, 1.807) is 6.08 Å².